The second-order valence-electron chi connectivity index (χ2n) is 2.85. The maximum Gasteiger partial charge on any atom is 0.311 e. The Kier molecular flexibility index (Phi) is 2.86. The monoisotopic (exact) mass is 193 g/mol. The van der Waals surface area contributed by atoms with Gasteiger partial charge >= 0.3 is 5.69 Å². The topological polar surface area (TPSA) is 52.4 Å². The zero-order valence-electron chi connectivity index (χ0n) is 8.11. The largest absolute Gasteiger partial charge is 0.490 e. The molecule has 0 aromatic heterocycles. The van der Waals surface area contributed by atoms with Crippen LogP contribution in [0, 0.1) is 17.0 Å². The number of aryl methyl sites for hydroxylation is 1. The lowest BCUT2D eigenvalue weighted by molar-refractivity contribution is -0.385. The van der Waals surface area contributed by atoms with Gasteiger partial charge in [-0.1, -0.05) is 12.7 Å². The van der Waals surface area contributed by atoms with Gasteiger partial charge in [-0.2, -0.15) is 0 Å². The van der Waals surface area contributed by atoms with Crippen LogP contribution in [-0.2, 0) is 0 Å². The number of hydrogen-bond acceptors (Lipinski definition) is 3. The summed E-state index contributed by atoms with van der Waals surface area (Å²) in [5.74, 6) is 0.306. The molecule has 4 nitrogen and oxygen atoms in total. The van der Waals surface area contributed by atoms with Crippen LogP contribution in [0.15, 0.2) is 18.7 Å². The molecule has 1 aromatic carbocycles. The highest BCUT2D eigenvalue weighted by molar-refractivity contribution is 5.61. The average Bonchev–Trinajstić information content (AvgIpc) is 2.16. The average molecular weight is 193 g/mol. The van der Waals surface area contributed by atoms with Gasteiger partial charge in [-0.15, -0.1) is 0 Å². The van der Waals surface area contributed by atoms with Crippen molar-refractivity contribution in [3.05, 3.63) is 40.0 Å². The Balaban J connectivity index is 3.42. The van der Waals surface area contributed by atoms with E-state index in [1.54, 1.807) is 19.1 Å². The molecule has 0 heterocycles. The lowest BCUT2D eigenvalue weighted by atomic mass is 10.1. The molecule has 0 atom stereocenters. The van der Waals surface area contributed by atoms with Crippen molar-refractivity contribution in [2.75, 3.05) is 7.11 Å². The minimum Gasteiger partial charge on any atom is -0.490 e. The summed E-state index contributed by atoms with van der Waals surface area (Å²) in [5, 5.41) is 10.7. The van der Waals surface area contributed by atoms with E-state index in [0.717, 1.165) is 11.1 Å². The van der Waals surface area contributed by atoms with Gasteiger partial charge < -0.3 is 4.74 Å². The lowest BCUT2D eigenvalue weighted by Gasteiger charge is -2.06. The first-order valence-corrected chi connectivity index (χ1v) is 4.05. The molecule has 0 radical (unpaired) electrons. The molecule has 0 aliphatic heterocycles. The number of nitrogens with zero attached hydrogens (tertiary/aromatic N) is 1. The summed E-state index contributed by atoms with van der Waals surface area (Å²) in [6, 6.07) is 3.23. The van der Waals surface area contributed by atoms with Crippen LogP contribution >= 0.6 is 0 Å². The predicted octanol–water partition coefficient (Wildman–Crippen LogP) is 2.55. The highest BCUT2D eigenvalue weighted by atomic mass is 16.6. The van der Waals surface area contributed by atoms with Crippen LogP contribution in [0.3, 0.4) is 0 Å². The van der Waals surface area contributed by atoms with E-state index in [9.17, 15) is 10.1 Å². The van der Waals surface area contributed by atoms with E-state index >= 15 is 0 Å². The molecule has 0 amide bonds. The second kappa shape index (κ2) is 3.91. The molecule has 1 rings (SSSR count). The summed E-state index contributed by atoms with van der Waals surface area (Å²) in [6.07, 6.45) is 1.57. The number of rotatable bonds is 3. The molecule has 74 valence electrons. The van der Waals surface area contributed by atoms with E-state index in [4.69, 9.17) is 4.74 Å². The van der Waals surface area contributed by atoms with E-state index in [1.165, 1.54) is 13.2 Å². The highest BCUT2D eigenvalue weighted by Gasteiger charge is 2.17. The molecule has 0 spiro atoms. The van der Waals surface area contributed by atoms with Crippen LogP contribution in [0.2, 0.25) is 0 Å². The zero-order chi connectivity index (χ0) is 10.7. The molecule has 0 aliphatic carbocycles. The van der Waals surface area contributed by atoms with E-state index in [1.807, 2.05) is 0 Å². The molecule has 0 fully saturated rings. The first kappa shape index (κ1) is 10.2. The molecule has 4 heteroatoms. The summed E-state index contributed by atoms with van der Waals surface area (Å²) >= 11 is 0. The molecule has 1 aromatic rings. The molecule has 0 N–H and O–H groups in total. The summed E-state index contributed by atoms with van der Waals surface area (Å²) in [6.45, 7) is 5.33. The van der Waals surface area contributed by atoms with Gasteiger partial charge in [-0.25, -0.2) is 0 Å². The first-order valence-electron chi connectivity index (χ1n) is 4.05. The Morgan fingerprint density at radius 3 is 2.64 bits per heavy atom. The fourth-order valence-corrected chi connectivity index (χ4v) is 1.30. The molecule has 0 saturated carbocycles. The summed E-state index contributed by atoms with van der Waals surface area (Å²) in [5.41, 5.74) is 1.43. The number of benzene rings is 1. The van der Waals surface area contributed by atoms with Crippen molar-refractivity contribution in [3.8, 4) is 5.75 Å². The SMILES string of the molecule is C=Cc1cc(C)c(OC)c([N+](=O)[O-])c1. The maximum atomic E-state index is 10.7. The van der Waals surface area contributed by atoms with Crippen LogP contribution in [0.5, 0.6) is 5.75 Å². The Bertz CT molecular complexity index is 385. The van der Waals surface area contributed by atoms with Crippen LogP contribution in [0.4, 0.5) is 5.69 Å². The van der Waals surface area contributed by atoms with Gasteiger partial charge in [-0.05, 0) is 24.1 Å². The highest BCUT2D eigenvalue weighted by Crippen LogP contribution is 2.31. The van der Waals surface area contributed by atoms with Crippen molar-refractivity contribution >= 4 is 11.8 Å². The molecular formula is C10H11NO3. The van der Waals surface area contributed by atoms with E-state index < -0.39 is 4.92 Å². The quantitative estimate of drug-likeness (QED) is 0.547. The van der Waals surface area contributed by atoms with Crippen LogP contribution in [0.1, 0.15) is 11.1 Å². The third-order valence-electron chi connectivity index (χ3n) is 1.91. The maximum absolute atomic E-state index is 10.7. The summed E-state index contributed by atoms with van der Waals surface area (Å²) < 4.78 is 4.96. The fourth-order valence-electron chi connectivity index (χ4n) is 1.30. The van der Waals surface area contributed by atoms with Gasteiger partial charge in [0.05, 0.1) is 12.0 Å². The lowest BCUT2D eigenvalue weighted by Crippen LogP contribution is -1.96. The van der Waals surface area contributed by atoms with Gasteiger partial charge in [0.25, 0.3) is 0 Å². The molecule has 0 saturated heterocycles. The number of ether oxygens (including phenoxy) is 1. The van der Waals surface area contributed by atoms with Crippen molar-refractivity contribution in [2.24, 2.45) is 0 Å². The third-order valence-corrected chi connectivity index (χ3v) is 1.91. The molecule has 0 unspecified atom stereocenters. The standard InChI is InChI=1S/C10H11NO3/c1-4-8-5-7(2)10(14-3)9(6-8)11(12)13/h4-6H,1H2,2-3H3. The number of nitro groups is 1. The summed E-state index contributed by atoms with van der Waals surface area (Å²) in [7, 11) is 1.42. The van der Waals surface area contributed by atoms with Gasteiger partial charge in [0.1, 0.15) is 0 Å². The van der Waals surface area contributed by atoms with Crippen LogP contribution in [0.25, 0.3) is 6.08 Å². The Morgan fingerprint density at radius 2 is 2.21 bits per heavy atom. The van der Waals surface area contributed by atoms with E-state index in [2.05, 4.69) is 6.58 Å². The molecule has 0 aliphatic rings. The van der Waals surface area contributed by atoms with Crippen molar-refractivity contribution in [2.45, 2.75) is 6.92 Å². The van der Waals surface area contributed by atoms with Gasteiger partial charge in [-0.3, -0.25) is 10.1 Å². The van der Waals surface area contributed by atoms with E-state index in [0.29, 0.717) is 5.75 Å². The molecule has 0 bridgehead atoms. The van der Waals surface area contributed by atoms with Crippen LogP contribution in [-0.4, -0.2) is 12.0 Å². The predicted molar refractivity (Wildman–Crippen MR) is 54.5 cm³/mol. The number of hydrogen-bond donors (Lipinski definition) is 0. The minimum absolute atomic E-state index is 0.0256. The summed E-state index contributed by atoms with van der Waals surface area (Å²) in [4.78, 5) is 10.2. The normalized spacial score (nSPS) is 9.57. The van der Waals surface area contributed by atoms with Crippen LogP contribution < -0.4 is 4.74 Å². The van der Waals surface area contributed by atoms with E-state index in [-0.39, 0.29) is 5.69 Å². The number of nitro benzene ring substituents is 1. The Morgan fingerprint density at radius 1 is 1.57 bits per heavy atom. The minimum atomic E-state index is -0.459. The third kappa shape index (κ3) is 1.74. The zero-order valence-corrected chi connectivity index (χ0v) is 8.11. The van der Waals surface area contributed by atoms with Crippen molar-refractivity contribution in [1.29, 1.82) is 0 Å². The van der Waals surface area contributed by atoms with Gasteiger partial charge in [0.15, 0.2) is 5.75 Å². The van der Waals surface area contributed by atoms with Gasteiger partial charge in [0, 0.05) is 6.07 Å². The van der Waals surface area contributed by atoms with Gasteiger partial charge in [0.2, 0.25) is 0 Å². The Hall–Kier alpha value is -1.84. The van der Waals surface area contributed by atoms with Crippen molar-refractivity contribution in [3.63, 3.8) is 0 Å². The Labute approximate surface area is 82.0 Å². The molecule has 14 heavy (non-hydrogen) atoms. The first-order chi connectivity index (χ1) is 6.60. The second-order valence-corrected chi connectivity index (χ2v) is 2.85. The number of methoxy groups -OCH3 is 1. The molecular weight excluding hydrogens is 182 g/mol. The van der Waals surface area contributed by atoms with Crippen molar-refractivity contribution in [1.82, 2.24) is 0 Å². The smallest absolute Gasteiger partial charge is 0.311 e. The van der Waals surface area contributed by atoms with Crippen molar-refractivity contribution < 1.29 is 9.66 Å². The fraction of sp³-hybridized carbons (Fsp3) is 0.200.